The molecule has 1 aromatic carbocycles. The van der Waals surface area contributed by atoms with Crippen LogP contribution in [-0.4, -0.2) is 73.3 Å². The maximum Gasteiger partial charge on any atom is 0.311 e. The molecular formula is C37H55O12-. The number of hydrogen-bond donors (Lipinski definition) is 0. The standard InChI is InChI=1S/C37H56O12/c1-21(23(28(38)39)19-22-17-15-14-16-18-22)45-29-27(49-33(43)37(11,12)13)26(48-32(42)36(8,9)10)25(47-31(41)35(5,6)7)24(46-29)20-44-30(40)34(2,3)4/h14-18,21,23-27,29H,19-20H2,1-13H3,(H,38,39)/p-1/t21-,23?,24+,25+,26-,27+,29+/m0/s1. The minimum atomic E-state index is -1.57. The van der Waals surface area contributed by atoms with Gasteiger partial charge in [0.25, 0.3) is 0 Å². The Labute approximate surface area is 290 Å². The first-order valence-electron chi connectivity index (χ1n) is 16.6. The number of carbonyl (C=O) groups excluding carboxylic acids is 5. The SMILES string of the molecule is C[C@H](O[C@@H]1O[C@H](COC(=O)C(C)(C)C)[C@@H](OC(=O)C(C)(C)C)[C@H](OC(=O)C(C)(C)C)[C@H]1OC(=O)C(C)(C)C)C(Cc1ccccc1)C(=O)[O-]. The van der Waals surface area contributed by atoms with E-state index in [2.05, 4.69) is 0 Å². The summed E-state index contributed by atoms with van der Waals surface area (Å²) in [5, 5.41) is 12.4. The van der Waals surface area contributed by atoms with E-state index in [0.29, 0.717) is 5.56 Å². The van der Waals surface area contributed by atoms with Crippen molar-refractivity contribution in [3.8, 4) is 0 Å². The van der Waals surface area contributed by atoms with E-state index >= 15 is 0 Å². The summed E-state index contributed by atoms with van der Waals surface area (Å²) in [7, 11) is 0. The van der Waals surface area contributed by atoms with E-state index in [-0.39, 0.29) is 6.42 Å². The third-order valence-electron chi connectivity index (χ3n) is 7.67. The van der Waals surface area contributed by atoms with Crippen LogP contribution in [0.2, 0.25) is 0 Å². The van der Waals surface area contributed by atoms with Crippen LogP contribution in [0.1, 0.15) is 95.6 Å². The quantitative estimate of drug-likeness (QED) is 0.241. The van der Waals surface area contributed by atoms with Crippen molar-refractivity contribution in [3.05, 3.63) is 35.9 Å². The number of benzene rings is 1. The summed E-state index contributed by atoms with van der Waals surface area (Å²) < 4.78 is 36.0. The van der Waals surface area contributed by atoms with Crippen molar-refractivity contribution < 1.29 is 57.5 Å². The molecule has 0 radical (unpaired) electrons. The Bertz CT molecular complexity index is 1310. The minimum absolute atomic E-state index is 0.0460. The van der Waals surface area contributed by atoms with Gasteiger partial charge in [0, 0.05) is 11.9 Å². The Morgan fingerprint density at radius 1 is 0.673 bits per heavy atom. The van der Waals surface area contributed by atoms with Gasteiger partial charge in [-0.05, 0) is 102 Å². The molecule has 0 saturated carbocycles. The van der Waals surface area contributed by atoms with Crippen molar-refractivity contribution in [1.29, 1.82) is 0 Å². The van der Waals surface area contributed by atoms with E-state index in [1.807, 2.05) is 0 Å². The smallest absolute Gasteiger partial charge is 0.311 e. The highest BCUT2D eigenvalue weighted by atomic mass is 16.7. The van der Waals surface area contributed by atoms with Gasteiger partial charge in [-0.1, -0.05) is 30.3 Å². The molecule has 1 aliphatic rings. The Kier molecular flexibility index (Phi) is 13.6. The summed E-state index contributed by atoms with van der Waals surface area (Å²) in [5.41, 5.74) is -3.32. The fourth-order valence-electron chi connectivity index (χ4n) is 4.41. The van der Waals surface area contributed by atoms with Gasteiger partial charge in [0.05, 0.1) is 27.8 Å². The second kappa shape index (κ2) is 16.0. The predicted octanol–water partition coefficient (Wildman–Crippen LogP) is 4.19. The first kappa shape index (κ1) is 41.7. The summed E-state index contributed by atoms with van der Waals surface area (Å²) in [5.74, 6) is -5.31. The summed E-state index contributed by atoms with van der Waals surface area (Å²) >= 11 is 0. The van der Waals surface area contributed by atoms with Crippen molar-refractivity contribution in [2.75, 3.05) is 6.61 Å². The second-order valence-electron chi connectivity index (χ2n) is 16.7. The lowest BCUT2D eigenvalue weighted by molar-refractivity contribution is -0.333. The summed E-state index contributed by atoms with van der Waals surface area (Å²) in [6, 6.07) is 8.88. The monoisotopic (exact) mass is 691 g/mol. The largest absolute Gasteiger partial charge is 0.550 e. The van der Waals surface area contributed by atoms with Crippen molar-refractivity contribution in [1.82, 2.24) is 0 Å². The predicted molar refractivity (Wildman–Crippen MR) is 176 cm³/mol. The number of aliphatic carboxylic acids is 1. The molecule has 7 atom stereocenters. The van der Waals surface area contributed by atoms with Crippen LogP contribution < -0.4 is 5.11 Å². The molecule has 0 aliphatic carbocycles. The topological polar surface area (TPSA) is 164 Å². The molecule has 2 rings (SSSR count). The average Bonchev–Trinajstić information content (AvgIpc) is 2.95. The third-order valence-corrected chi connectivity index (χ3v) is 7.67. The number of ether oxygens (including phenoxy) is 6. The Hall–Kier alpha value is -3.51. The number of carboxylic acid groups (broad SMARTS) is 1. The highest BCUT2D eigenvalue weighted by Gasteiger charge is 2.55. The maximum absolute atomic E-state index is 13.5. The van der Waals surface area contributed by atoms with Gasteiger partial charge in [0.1, 0.15) is 12.7 Å². The lowest BCUT2D eigenvalue weighted by Gasteiger charge is -2.46. The third kappa shape index (κ3) is 12.1. The van der Waals surface area contributed by atoms with Gasteiger partial charge in [0.2, 0.25) is 0 Å². The zero-order chi connectivity index (χ0) is 37.7. The van der Waals surface area contributed by atoms with Crippen LogP contribution in [0, 0.1) is 27.6 Å². The highest BCUT2D eigenvalue weighted by Crippen LogP contribution is 2.35. The molecule has 0 spiro atoms. The molecule has 276 valence electrons. The molecule has 1 fully saturated rings. The van der Waals surface area contributed by atoms with Crippen LogP contribution in [0.5, 0.6) is 0 Å². The van der Waals surface area contributed by atoms with Gasteiger partial charge < -0.3 is 38.3 Å². The number of carboxylic acids is 1. The van der Waals surface area contributed by atoms with Crippen molar-refractivity contribution in [3.63, 3.8) is 0 Å². The summed E-state index contributed by atoms with van der Waals surface area (Å²) in [6.45, 7) is 20.6. The zero-order valence-corrected chi connectivity index (χ0v) is 31.2. The minimum Gasteiger partial charge on any atom is -0.550 e. The van der Waals surface area contributed by atoms with Crippen LogP contribution >= 0.6 is 0 Å². The fourth-order valence-corrected chi connectivity index (χ4v) is 4.41. The van der Waals surface area contributed by atoms with Crippen LogP contribution in [0.15, 0.2) is 30.3 Å². The molecular weight excluding hydrogens is 636 g/mol. The molecule has 12 nitrogen and oxygen atoms in total. The van der Waals surface area contributed by atoms with Gasteiger partial charge in [0.15, 0.2) is 24.6 Å². The molecule has 1 heterocycles. The van der Waals surface area contributed by atoms with Crippen molar-refractivity contribution in [2.24, 2.45) is 27.6 Å². The molecule has 1 saturated heterocycles. The van der Waals surface area contributed by atoms with Gasteiger partial charge in [-0.3, -0.25) is 19.2 Å². The van der Waals surface area contributed by atoms with Gasteiger partial charge in [-0.2, -0.15) is 0 Å². The van der Waals surface area contributed by atoms with E-state index in [9.17, 15) is 29.1 Å². The molecule has 0 amide bonds. The van der Waals surface area contributed by atoms with E-state index < -0.39 is 101 Å². The molecule has 0 N–H and O–H groups in total. The lowest BCUT2D eigenvalue weighted by atomic mass is 9.92. The lowest BCUT2D eigenvalue weighted by Crippen LogP contribution is -2.64. The van der Waals surface area contributed by atoms with E-state index in [1.165, 1.54) is 6.92 Å². The van der Waals surface area contributed by atoms with E-state index in [4.69, 9.17) is 28.4 Å². The van der Waals surface area contributed by atoms with Crippen molar-refractivity contribution >= 4 is 29.8 Å². The van der Waals surface area contributed by atoms with Crippen LogP contribution in [0.4, 0.5) is 0 Å². The molecule has 1 unspecified atom stereocenters. The van der Waals surface area contributed by atoms with Gasteiger partial charge in [-0.25, -0.2) is 0 Å². The van der Waals surface area contributed by atoms with Crippen LogP contribution in [0.3, 0.4) is 0 Å². The molecule has 1 aromatic rings. The summed E-state index contributed by atoms with van der Waals surface area (Å²) in [4.78, 5) is 65.5. The van der Waals surface area contributed by atoms with Crippen molar-refractivity contribution in [2.45, 2.75) is 133 Å². The zero-order valence-electron chi connectivity index (χ0n) is 31.2. The van der Waals surface area contributed by atoms with Gasteiger partial charge in [-0.15, -0.1) is 0 Å². The highest BCUT2D eigenvalue weighted by molar-refractivity contribution is 5.78. The maximum atomic E-state index is 13.5. The van der Waals surface area contributed by atoms with Gasteiger partial charge >= 0.3 is 23.9 Å². The number of carbonyl (C=O) groups is 5. The molecule has 0 aromatic heterocycles. The molecule has 0 bridgehead atoms. The number of rotatable bonds is 11. The Balaban J connectivity index is 2.72. The molecule has 1 aliphatic heterocycles. The fraction of sp³-hybridized carbons (Fsp3) is 0.703. The summed E-state index contributed by atoms with van der Waals surface area (Å²) in [6.07, 6.45) is -8.44. The first-order valence-corrected chi connectivity index (χ1v) is 16.6. The molecule has 12 heteroatoms. The number of esters is 4. The van der Waals surface area contributed by atoms with E-state index in [1.54, 1.807) is 113 Å². The van der Waals surface area contributed by atoms with Crippen LogP contribution in [0.25, 0.3) is 0 Å². The first-order chi connectivity index (χ1) is 22.2. The van der Waals surface area contributed by atoms with Crippen LogP contribution in [-0.2, 0) is 58.8 Å². The van der Waals surface area contributed by atoms with E-state index in [0.717, 1.165) is 0 Å². The Morgan fingerprint density at radius 3 is 1.53 bits per heavy atom. The average molecular weight is 692 g/mol. The molecule has 49 heavy (non-hydrogen) atoms. The Morgan fingerprint density at radius 2 is 1.10 bits per heavy atom. The number of hydrogen-bond acceptors (Lipinski definition) is 12. The normalized spacial score (nSPS) is 23.1. The second-order valence-corrected chi connectivity index (χ2v) is 16.7.